The Hall–Kier alpha value is -0.160. The lowest BCUT2D eigenvalue weighted by molar-refractivity contribution is 0.114. The van der Waals surface area contributed by atoms with Crippen LogP contribution in [-0.4, -0.2) is 5.11 Å². The zero-order valence-corrected chi connectivity index (χ0v) is 10.5. The van der Waals surface area contributed by atoms with Crippen LogP contribution in [0, 0.1) is 15.3 Å². The second kappa shape index (κ2) is 5.07. The zero-order valence-electron chi connectivity index (χ0n) is 8.30. The van der Waals surface area contributed by atoms with Crippen LogP contribution in [0.3, 0.4) is 0 Å². The van der Waals surface area contributed by atoms with Crippen molar-refractivity contribution in [3.05, 3.63) is 33.1 Å². The number of aliphatic hydroxyl groups excluding tert-OH is 1. The molecule has 0 bridgehead atoms. The Morgan fingerprint density at radius 2 is 2.14 bits per heavy atom. The summed E-state index contributed by atoms with van der Waals surface area (Å²) >= 11 is 2.05. The fourth-order valence-corrected chi connectivity index (χ4v) is 2.07. The second-order valence-corrected chi connectivity index (χ2v) is 4.66. The minimum atomic E-state index is -0.493. The number of halogens is 2. The van der Waals surface area contributed by atoms with Crippen molar-refractivity contribution in [2.75, 3.05) is 0 Å². The van der Waals surface area contributed by atoms with E-state index in [1.165, 1.54) is 12.1 Å². The van der Waals surface area contributed by atoms with E-state index in [1.54, 1.807) is 6.07 Å². The average Bonchev–Trinajstić information content (AvgIpc) is 2.15. The van der Waals surface area contributed by atoms with Gasteiger partial charge in [0, 0.05) is 3.57 Å². The van der Waals surface area contributed by atoms with Gasteiger partial charge >= 0.3 is 0 Å². The molecule has 1 N–H and O–H groups in total. The number of benzene rings is 1. The lowest BCUT2D eigenvalue weighted by Crippen LogP contribution is -2.09. The molecule has 0 aliphatic carbocycles. The first-order valence-electron chi connectivity index (χ1n) is 4.69. The molecule has 14 heavy (non-hydrogen) atoms. The van der Waals surface area contributed by atoms with E-state index in [2.05, 4.69) is 22.6 Å². The fourth-order valence-electron chi connectivity index (χ4n) is 1.27. The highest BCUT2D eigenvalue weighted by atomic mass is 127. The van der Waals surface area contributed by atoms with Gasteiger partial charge in [0.2, 0.25) is 0 Å². The van der Waals surface area contributed by atoms with Crippen LogP contribution in [0.15, 0.2) is 18.2 Å². The summed E-state index contributed by atoms with van der Waals surface area (Å²) in [5, 5.41) is 9.93. The highest BCUT2D eigenvalue weighted by Crippen LogP contribution is 2.28. The molecule has 0 fully saturated rings. The van der Waals surface area contributed by atoms with Gasteiger partial charge in [-0.05, 0) is 46.2 Å². The Kier molecular flexibility index (Phi) is 4.31. The van der Waals surface area contributed by atoms with Gasteiger partial charge in [-0.25, -0.2) is 4.39 Å². The molecule has 0 spiro atoms. The van der Waals surface area contributed by atoms with Crippen molar-refractivity contribution in [3.8, 4) is 0 Å². The summed E-state index contributed by atoms with van der Waals surface area (Å²) in [5.74, 6) is -0.0523. The maximum Gasteiger partial charge on any atom is 0.124 e. The van der Waals surface area contributed by atoms with Gasteiger partial charge in [-0.1, -0.05) is 26.3 Å². The van der Waals surface area contributed by atoms with Gasteiger partial charge in [-0.2, -0.15) is 0 Å². The molecule has 3 heteroatoms. The highest BCUT2D eigenvalue weighted by Gasteiger charge is 2.17. The molecule has 0 aliphatic heterocycles. The van der Waals surface area contributed by atoms with Crippen molar-refractivity contribution in [2.45, 2.75) is 26.4 Å². The molecule has 1 aromatic rings. The Bertz CT molecular complexity index is 314. The molecule has 1 rings (SSSR count). The predicted molar refractivity (Wildman–Crippen MR) is 63.5 cm³/mol. The summed E-state index contributed by atoms with van der Waals surface area (Å²) in [6.45, 7) is 4.02. The molecule has 0 heterocycles. The van der Waals surface area contributed by atoms with Crippen molar-refractivity contribution in [1.29, 1.82) is 0 Å². The van der Waals surface area contributed by atoms with Gasteiger partial charge in [-0.3, -0.25) is 0 Å². The lowest BCUT2D eigenvalue weighted by atomic mass is 9.95. The summed E-state index contributed by atoms with van der Waals surface area (Å²) in [4.78, 5) is 0. The number of hydrogen-bond donors (Lipinski definition) is 1. The van der Waals surface area contributed by atoms with Crippen LogP contribution >= 0.6 is 22.6 Å². The third kappa shape index (κ3) is 2.67. The van der Waals surface area contributed by atoms with Crippen LogP contribution in [0.4, 0.5) is 4.39 Å². The predicted octanol–water partition coefficient (Wildman–Crippen LogP) is 3.51. The molecule has 0 saturated carbocycles. The van der Waals surface area contributed by atoms with Crippen LogP contribution < -0.4 is 0 Å². The van der Waals surface area contributed by atoms with Crippen LogP contribution in [-0.2, 0) is 0 Å². The molecular weight excluding hydrogens is 294 g/mol. The van der Waals surface area contributed by atoms with E-state index in [0.717, 1.165) is 15.6 Å². The van der Waals surface area contributed by atoms with E-state index in [4.69, 9.17) is 0 Å². The Morgan fingerprint density at radius 1 is 1.50 bits per heavy atom. The number of hydrogen-bond acceptors (Lipinski definition) is 1. The Balaban J connectivity index is 2.95. The molecule has 1 nitrogen and oxygen atoms in total. The number of aliphatic hydroxyl groups is 1. The van der Waals surface area contributed by atoms with E-state index < -0.39 is 6.10 Å². The van der Waals surface area contributed by atoms with Crippen molar-refractivity contribution >= 4 is 22.6 Å². The maximum atomic E-state index is 12.8. The van der Waals surface area contributed by atoms with Crippen LogP contribution in [0.2, 0.25) is 0 Å². The van der Waals surface area contributed by atoms with Crippen LogP contribution in [0.5, 0.6) is 0 Å². The average molecular weight is 308 g/mol. The van der Waals surface area contributed by atoms with Crippen LogP contribution in [0.1, 0.15) is 31.9 Å². The van der Waals surface area contributed by atoms with Crippen molar-refractivity contribution < 1.29 is 9.50 Å². The van der Waals surface area contributed by atoms with Crippen molar-refractivity contribution in [2.24, 2.45) is 5.92 Å². The lowest BCUT2D eigenvalue weighted by Gasteiger charge is -2.18. The Morgan fingerprint density at radius 3 is 2.64 bits per heavy atom. The summed E-state index contributed by atoms with van der Waals surface area (Å²) in [5.41, 5.74) is 0.821. The topological polar surface area (TPSA) is 20.2 Å². The third-order valence-electron chi connectivity index (χ3n) is 2.46. The minimum absolute atomic E-state index is 0.203. The second-order valence-electron chi connectivity index (χ2n) is 3.50. The Labute approximate surface area is 97.5 Å². The SMILES string of the molecule is CCC(C)C(O)c1ccc(F)cc1I. The maximum absolute atomic E-state index is 12.8. The largest absolute Gasteiger partial charge is 0.388 e. The molecule has 1 aromatic carbocycles. The first-order valence-corrected chi connectivity index (χ1v) is 5.77. The molecule has 0 radical (unpaired) electrons. The van der Waals surface area contributed by atoms with E-state index in [-0.39, 0.29) is 11.7 Å². The molecule has 0 aromatic heterocycles. The quantitative estimate of drug-likeness (QED) is 0.847. The van der Waals surface area contributed by atoms with Gasteiger partial charge < -0.3 is 5.11 Å². The van der Waals surface area contributed by atoms with Gasteiger partial charge in [0.05, 0.1) is 6.10 Å². The summed E-state index contributed by atoms with van der Waals surface area (Å²) in [7, 11) is 0. The third-order valence-corrected chi connectivity index (χ3v) is 3.40. The summed E-state index contributed by atoms with van der Waals surface area (Å²) < 4.78 is 13.6. The molecular formula is C11H14FIO. The normalized spacial score (nSPS) is 15.2. The first-order chi connectivity index (χ1) is 6.56. The first kappa shape index (κ1) is 11.9. The molecule has 2 atom stereocenters. The molecule has 0 saturated heterocycles. The monoisotopic (exact) mass is 308 g/mol. The van der Waals surface area contributed by atoms with E-state index in [1.807, 2.05) is 13.8 Å². The number of rotatable bonds is 3. The fraction of sp³-hybridized carbons (Fsp3) is 0.455. The van der Waals surface area contributed by atoms with E-state index in [0.29, 0.717) is 0 Å². The smallest absolute Gasteiger partial charge is 0.124 e. The van der Waals surface area contributed by atoms with Crippen molar-refractivity contribution in [1.82, 2.24) is 0 Å². The summed E-state index contributed by atoms with van der Waals surface area (Å²) in [6, 6.07) is 4.50. The molecule has 0 amide bonds. The zero-order chi connectivity index (χ0) is 10.7. The minimum Gasteiger partial charge on any atom is -0.388 e. The van der Waals surface area contributed by atoms with E-state index >= 15 is 0 Å². The van der Waals surface area contributed by atoms with Gasteiger partial charge in [0.15, 0.2) is 0 Å². The highest BCUT2D eigenvalue weighted by molar-refractivity contribution is 14.1. The van der Waals surface area contributed by atoms with E-state index in [9.17, 15) is 9.50 Å². The van der Waals surface area contributed by atoms with Gasteiger partial charge in [-0.15, -0.1) is 0 Å². The molecule has 2 unspecified atom stereocenters. The summed E-state index contributed by atoms with van der Waals surface area (Å²) in [6.07, 6.45) is 0.418. The molecule has 78 valence electrons. The molecule has 0 aliphatic rings. The van der Waals surface area contributed by atoms with Gasteiger partial charge in [0.1, 0.15) is 5.82 Å². The van der Waals surface area contributed by atoms with Crippen molar-refractivity contribution in [3.63, 3.8) is 0 Å². The van der Waals surface area contributed by atoms with Gasteiger partial charge in [0.25, 0.3) is 0 Å². The standard InChI is InChI=1S/C11H14FIO/c1-3-7(2)11(14)9-5-4-8(12)6-10(9)13/h4-7,11,14H,3H2,1-2H3. The van der Waals surface area contributed by atoms with Crippen LogP contribution in [0.25, 0.3) is 0 Å².